The Morgan fingerprint density at radius 1 is 1.19 bits per heavy atom. The summed E-state index contributed by atoms with van der Waals surface area (Å²) in [4.78, 5) is 30.9. The van der Waals surface area contributed by atoms with Crippen molar-refractivity contribution in [2.45, 2.75) is 37.7 Å². The normalized spacial score (nSPS) is 21.9. The summed E-state index contributed by atoms with van der Waals surface area (Å²) in [5.41, 5.74) is 0.969. The molecule has 0 radical (unpaired) electrons. The minimum Gasteiger partial charge on any atom is -0.369 e. The number of piperidine rings is 1. The van der Waals surface area contributed by atoms with Crippen LogP contribution in [0.4, 0.5) is 0 Å². The van der Waals surface area contributed by atoms with Gasteiger partial charge in [0, 0.05) is 31.1 Å². The van der Waals surface area contributed by atoms with Gasteiger partial charge in [-0.25, -0.2) is 0 Å². The molecule has 0 unspecified atom stereocenters. The molecule has 142 valence electrons. The smallest absolute Gasteiger partial charge is 0.263 e. The van der Waals surface area contributed by atoms with E-state index >= 15 is 0 Å². The zero-order valence-corrected chi connectivity index (χ0v) is 16.2. The minimum absolute atomic E-state index is 0.148. The van der Waals surface area contributed by atoms with E-state index in [4.69, 9.17) is 4.74 Å². The third kappa shape index (κ3) is 3.17. The highest BCUT2D eigenvalue weighted by Crippen LogP contribution is 2.45. The van der Waals surface area contributed by atoms with Gasteiger partial charge in [0.1, 0.15) is 5.60 Å². The summed E-state index contributed by atoms with van der Waals surface area (Å²) >= 11 is 1.62. The molecular formula is C19H27N3O3S. The minimum atomic E-state index is -0.307. The van der Waals surface area contributed by atoms with Crippen LogP contribution in [0.3, 0.4) is 0 Å². The van der Waals surface area contributed by atoms with E-state index < -0.39 is 0 Å². The number of nitrogens with one attached hydrogen (secondary N) is 1. The maximum absolute atomic E-state index is 12.8. The molecule has 0 aromatic carbocycles. The third-order valence-corrected chi connectivity index (χ3v) is 7.18. The molecule has 1 N–H and O–H groups in total. The molecule has 2 saturated heterocycles. The molecule has 2 amide bonds. The van der Waals surface area contributed by atoms with E-state index in [0.29, 0.717) is 26.2 Å². The number of rotatable bonds is 3. The first-order valence-corrected chi connectivity index (χ1v) is 10.4. The third-order valence-electron chi connectivity index (χ3n) is 5.83. The summed E-state index contributed by atoms with van der Waals surface area (Å²) in [6.07, 6.45) is 4.73. The molecule has 7 heteroatoms. The number of likely N-dealkylation sites (N-methyl/N-ethyl adjacent to an activating group) is 1. The number of ether oxygens (including phenoxy) is 1. The predicted octanol–water partition coefficient (Wildman–Crippen LogP) is 1.59. The van der Waals surface area contributed by atoms with Gasteiger partial charge in [0.25, 0.3) is 5.91 Å². The zero-order chi connectivity index (χ0) is 18.1. The van der Waals surface area contributed by atoms with Crippen molar-refractivity contribution in [1.82, 2.24) is 15.1 Å². The number of nitrogens with zero attached hydrogens (tertiary/aromatic N) is 2. The Morgan fingerprint density at radius 3 is 2.62 bits per heavy atom. The maximum Gasteiger partial charge on any atom is 0.263 e. The lowest BCUT2D eigenvalue weighted by Gasteiger charge is -2.43. The van der Waals surface area contributed by atoms with Gasteiger partial charge in [0.05, 0.1) is 18.0 Å². The molecule has 0 atom stereocenters. The van der Waals surface area contributed by atoms with Crippen molar-refractivity contribution in [1.29, 1.82) is 0 Å². The van der Waals surface area contributed by atoms with E-state index in [-0.39, 0.29) is 17.4 Å². The summed E-state index contributed by atoms with van der Waals surface area (Å²) in [6.45, 7) is 4.27. The first-order valence-electron chi connectivity index (χ1n) is 9.62. The average Bonchev–Trinajstić information content (AvgIpc) is 3.33. The molecule has 26 heavy (non-hydrogen) atoms. The van der Waals surface area contributed by atoms with Crippen LogP contribution in [0.25, 0.3) is 0 Å². The van der Waals surface area contributed by atoms with Crippen LogP contribution in [-0.2, 0) is 21.6 Å². The van der Waals surface area contributed by atoms with E-state index in [0.717, 1.165) is 50.1 Å². The number of carbonyl (C=O) groups excluding carboxylic acids is 2. The van der Waals surface area contributed by atoms with Gasteiger partial charge < -0.3 is 19.9 Å². The van der Waals surface area contributed by atoms with Gasteiger partial charge in [-0.3, -0.25) is 9.59 Å². The van der Waals surface area contributed by atoms with Crippen LogP contribution in [-0.4, -0.2) is 68.0 Å². The highest BCUT2D eigenvalue weighted by molar-refractivity contribution is 7.14. The lowest BCUT2D eigenvalue weighted by molar-refractivity contribution is -0.139. The van der Waals surface area contributed by atoms with Crippen LogP contribution >= 0.6 is 11.3 Å². The molecule has 3 aliphatic heterocycles. The SMILES string of the molecule is CNCC(=O)N1CCC2(CC1)OCCc1cc(C(=O)N3CCCC3)sc12. The molecule has 1 aromatic heterocycles. The topological polar surface area (TPSA) is 61.9 Å². The Morgan fingerprint density at radius 2 is 1.92 bits per heavy atom. The monoisotopic (exact) mass is 377 g/mol. The second kappa shape index (κ2) is 7.29. The number of carbonyl (C=O) groups is 2. The lowest BCUT2D eigenvalue weighted by Crippen LogP contribution is -2.49. The van der Waals surface area contributed by atoms with E-state index in [1.165, 1.54) is 10.4 Å². The van der Waals surface area contributed by atoms with Crippen LogP contribution in [0.5, 0.6) is 0 Å². The number of hydrogen-bond donors (Lipinski definition) is 1. The second-order valence-electron chi connectivity index (χ2n) is 7.47. The Bertz CT molecular complexity index is 688. The highest BCUT2D eigenvalue weighted by Gasteiger charge is 2.43. The molecule has 1 aromatic rings. The Balaban J connectivity index is 1.52. The summed E-state index contributed by atoms with van der Waals surface area (Å²) < 4.78 is 6.27. The fourth-order valence-electron chi connectivity index (χ4n) is 4.36. The highest BCUT2D eigenvalue weighted by atomic mass is 32.1. The van der Waals surface area contributed by atoms with Crippen LogP contribution in [0.1, 0.15) is 45.8 Å². The first-order chi connectivity index (χ1) is 12.6. The molecule has 6 nitrogen and oxygen atoms in total. The van der Waals surface area contributed by atoms with Crippen molar-refractivity contribution in [2.75, 3.05) is 46.4 Å². The van der Waals surface area contributed by atoms with Crippen molar-refractivity contribution in [3.63, 3.8) is 0 Å². The van der Waals surface area contributed by atoms with Crippen LogP contribution in [0.2, 0.25) is 0 Å². The molecule has 4 heterocycles. The predicted molar refractivity (Wildman–Crippen MR) is 101 cm³/mol. The van der Waals surface area contributed by atoms with Crippen molar-refractivity contribution >= 4 is 23.2 Å². The molecule has 2 fully saturated rings. The molecule has 3 aliphatic rings. The number of fused-ring (bicyclic) bond motifs is 2. The van der Waals surface area contributed by atoms with Crippen molar-refractivity contribution < 1.29 is 14.3 Å². The fourth-order valence-corrected chi connectivity index (χ4v) is 5.73. The van der Waals surface area contributed by atoms with Gasteiger partial charge in [0.15, 0.2) is 0 Å². The van der Waals surface area contributed by atoms with E-state index in [1.807, 2.05) is 9.80 Å². The van der Waals surface area contributed by atoms with Crippen LogP contribution in [0.15, 0.2) is 6.07 Å². The lowest BCUT2D eigenvalue weighted by atomic mass is 9.85. The summed E-state index contributed by atoms with van der Waals surface area (Å²) in [6, 6.07) is 2.10. The Kier molecular flexibility index (Phi) is 5.03. The molecule has 4 rings (SSSR count). The summed E-state index contributed by atoms with van der Waals surface area (Å²) in [5, 5.41) is 2.93. The van der Waals surface area contributed by atoms with Gasteiger partial charge in [-0.05, 0) is 50.8 Å². The van der Waals surface area contributed by atoms with Gasteiger partial charge in [0.2, 0.25) is 5.91 Å². The average molecular weight is 378 g/mol. The molecule has 1 spiro atoms. The first kappa shape index (κ1) is 17.9. The Labute approximate surface area is 158 Å². The van der Waals surface area contributed by atoms with E-state index in [2.05, 4.69) is 11.4 Å². The van der Waals surface area contributed by atoms with Crippen LogP contribution in [0, 0.1) is 0 Å². The quantitative estimate of drug-likeness (QED) is 0.869. The van der Waals surface area contributed by atoms with E-state index in [9.17, 15) is 9.59 Å². The van der Waals surface area contributed by atoms with E-state index in [1.54, 1.807) is 18.4 Å². The second-order valence-corrected chi connectivity index (χ2v) is 8.52. The van der Waals surface area contributed by atoms with Crippen molar-refractivity contribution in [3.05, 3.63) is 21.4 Å². The van der Waals surface area contributed by atoms with Gasteiger partial charge in [-0.15, -0.1) is 11.3 Å². The van der Waals surface area contributed by atoms with Gasteiger partial charge in [-0.2, -0.15) is 0 Å². The molecule has 0 aliphatic carbocycles. The number of thiophene rings is 1. The van der Waals surface area contributed by atoms with Crippen LogP contribution < -0.4 is 5.32 Å². The van der Waals surface area contributed by atoms with Crippen molar-refractivity contribution in [3.8, 4) is 0 Å². The Hall–Kier alpha value is -1.44. The van der Waals surface area contributed by atoms with Gasteiger partial charge in [-0.1, -0.05) is 0 Å². The fraction of sp³-hybridized carbons (Fsp3) is 0.684. The zero-order valence-electron chi connectivity index (χ0n) is 15.4. The molecular weight excluding hydrogens is 350 g/mol. The van der Waals surface area contributed by atoms with Crippen molar-refractivity contribution in [2.24, 2.45) is 0 Å². The molecule has 0 bridgehead atoms. The number of amides is 2. The number of likely N-dealkylation sites (tertiary alicyclic amines) is 2. The summed E-state index contributed by atoms with van der Waals surface area (Å²) in [7, 11) is 1.80. The largest absolute Gasteiger partial charge is 0.369 e. The maximum atomic E-state index is 12.8. The standard InChI is InChI=1S/C19H27N3O3S/c1-20-13-16(23)21-9-5-19(6-10-21)17-14(4-11-25-19)12-15(26-17)18(24)22-7-2-3-8-22/h12,20H,2-11,13H2,1H3. The van der Waals surface area contributed by atoms with Gasteiger partial charge >= 0.3 is 0 Å². The molecule has 0 saturated carbocycles. The number of hydrogen-bond acceptors (Lipinski definition) is 5. The summed E-state index contributed by atoms with van der Waals surface area (Å²) in [5.74, 6) is 0.327.